The van der Waals surface area contributed by atoms with Crippen molar-refractivity contribution in [1.29, 1.82) is 0 Å². The van der Waals surface area contributed by atoms with Crippen LogP contribution >= 0.6 is 0 Å². The lowest BCUT2D eigenvalue weighted by atomic mass is 9.94. The summed E-state index contributed by atoms with van der Waals surface area (Å²) in [6.45, 7) is 4.17. The van der Waals surface area contributed by atoms with Crippen molar-refractivity contribution in [3.05, 3.63) is 48.5 Å². The molecule has 4 rings (SSSR count). The molecule has 4 atom stereocenters. The summed E-state index contributed by atoms with van der Waals surface area (Å²) in [5.74, 6) is -2.56. The van der Waals surface area contributed by atoms with Crippen LogP contribution in [0.3, 0.4) is 0 Å². The lowest BCUT2D eigenvalue weighted by molar-refractivity contribution is -0.156. The summed E-state index contributed by atoms with van der Waals surface area (Å²) in [5.41, 5.74) is 0.990. The van der Waals surface area contributed by atoms with Crippen LogP contribution in [0.1, 0.15) is 43.8 Å². The van der Waals surface area contributed by atoms with Crippen molar-refractivity contribution in [2.24, 2.45) is 5.92 Å². The van der Waals surface area contributed by atoms with Crippen LogP contribution in [0.15, 0.2) is 43.0 Å². The minimum Gasteiger partial charge on any atom is -0.466 e. The van der Waals surface area contributed by atoms with Gasteiger partial charge in [0, 0.05) is 25.3 Å². The maximum atomic E-state index is 12.7. The molecular formula is C25H27N5O8. The first-order valence-electron chi connectivity index (χ1n) is 11.9. The lowest BCUT2D eigenvalue weighted by Crippen LogP contribution is -2.34. The van der Waals surface area contributed by atoms with Gasteiger partial charge in [-0.2, -0.15) is 0 Å². The third-order valence-corrected chi connectivity index (χ3v) is 5.86. The summed E-state index contributed by atoms with van der Waals surface area (Å²) in [7, 11) is 0. The van der Waals surface area contributed by atoms with Gasteiger partial charge in [0.05, 0.1) is 19.4 Å². The van der Waals surface area contributed by atoms with Crippen LogP contribution in [-0.2, 0) is 33.3 Å². The Balaban J connectivity index is 1.68. The predicted octanol–water partition coefficient (Wildman–Crippen LogP) is 2.04. The first-order valence-corrected chi connectivity index (χ1v) is 11.9. The van der Waals surface area contributed by atoms with E-state index in [-0.39, 0.29) is 42.5 Å². The fraction of sp³-hybridized carbons (Fsp3) is 0.400. The monoisotopic (exact) mass is 525 g/mol. The zero-order chi connectivity index (χ0) is 27.2. The van der Waals surface area contributed by atoms with E-state index in [0.29, 0.717) is 5.56 Å². The van der Waals surface area contributed by atoms with Crippen LogP contribution in [0.25, 0.3) is 11.2 Å². The van der Waals surface area contributed by atoms with Gasteiger partial charge in [0.25, 0.3) is 5.91 Å². The second-order valence-electron chi connectivity index (χ2n) is 8.48. The summed E-state index contributed by atoms with van der Waals surface area (Å²) in [4.78, 5) is 61.4. The second-order valence-corrected chi connectivity index (χ2v) is 8.48. The molecule has 0 aliphatic carbocycles. The molecule has 3 heterocycles. The van der Waals surface area contributed by atoms with Crippen molar-refractivity contribution < 1.29 is 38.1 Å². The molecule has 1 N–H and O–H groups in total. The molecule has 0 unspecified atom stereocenters. The van der Waals surface area contributed by atoms with Crippen molar-refractivity contribution in [2.45, 2.75) is 45.6 Å². The summed E-state index contributed by atoms with van der Waals surface area (Å²) < 4.78 is 23.5. The first kappa shape index (κ1) is 26.7. The number of anilines is 1. The molecule has 1 aliphatic heterocycles. The summed E-state index contributed by atoms with van der Waals surface area (Å²) in [6, 6.07) is 8.60. The highest BCUT2D eigenvalue weighted by Crippen LogP contribution is 2.40. The summed E-state index contributed by atoms with van der Waals surface area (Å²) >= 11 is 0. The van der Waals surface area contributed by atoms with E-state index in [4.69, 9.17) is 18.9 Å². The smallest absolute Gasteiger partial charge is 0.306 e. The molecule has 0 radical (unpaired) electrons. The van der Waals surface area contributed by atoms with Crippen LogP contribution in [0.2, 0.25) is 0 Å². The van der Waals surface area contributed by atoms with E-state index in [2.05, 4.69) is 20.3 Å². The van der Waals surface area contributed by atoms with Crippen LogP contribution in [0, 0.1) is 5.92 Å². The number of carbonyl (C=O) groups is 4. The molecule has 38 heavy (non-hydrogen) atoms. The fourth-order valence-electron chi connectivity index (χ4n) is 4.26. The van der Waals surface area contributed by atoms with Gasteiger partial charge in [0.15, 0.2) is 29.3 Å². The first-order chi connectivity index (χ1) is 18.3. The van der Waals surface area contributed by atoms with Crippen LogP contribution in [0.5, 0.6) is 0 Å². The van der Waals surface area contributed by atoms with Gasteiger partial charge in [-0.15, -0.1) is 0 Å². The molecule has 0 bridgehead atoms. The van der Waals surface area contributed by atoms with Gasteiger partial charge in [-0.1, -0.05) is 18.2 Å². The van der Waals surface area contributed by atoms with Gasteiger partial charge >= 0.3 is 17.9 Å². The van der Waals surface area contributed by atoms with Crippen molar-refractivity contribution in [1.82, 2.24) is 19.5 Å². The Morgan fingerprint density at radius 2 is 1.79 bits per heavy atom. The lowest BCUT2D eigenvalue weighted by Gasteiger charge is -2.23. The van der Waals surface area contributed by atoms with E-state index < -0.39 is 42.3 Å². The Kier molecular flexibility index (Phi) is 8.26. The average molecular weight is 526 g/mol. The van der Waals surface area contributed by atoms with Crippen LogP contribution in [0.4, 0.5) is 5.82 Å². The van der Waals surface area contributed by atoms with Gasteiger partial charge in [0.1, 0.15) is 19.0 Å². The number of hydrogen-bond donors (Lipinski definition) is 1. The van der Waals surface area contributed by atoms with Crippen molar-refractivity contribution >= 4 is 40.8 Å². The van der Waals surface area contributed by atoms with E-state index in [0.717, 1.165) is 0 Å². The Morgan fingerprint density at radius 1 is 1.03 bits per heavy atom. The number of fused-ring (bicyclic) bond motifs is 1. The maximum absolute atomic E-state index is 12.7. The molecule has 1 amide bonds. The van der Waals surface area contributed by atoms with E-state index >= 15 is 0 Å². The molecule has 2 aromatic heterocycles. The van der Waals surface area contributed by atoms with E-state index in [1.54, 1.807) is 37.3 Å². The van der Waals surface area contributed by atoms with Crippen molar-refractivity contribution in [3.8, 4) is 0 Å². The molecule has 1 saturated heterocycles. The number of nitrogens with zero attached hydrogens (tertiary/aromatic N) is 4. The van der Waals surface area contributed by atoms with Gasteiger partial charge in [-0.05, 0) is 19.1 Å². The molecule has 13 heteroatoms. The highest BCUT2D eigenvalue weighted by molar-refractivity contribution is 6.06. The SMILES string of the molecule is CCOC(=O)C[C@H]1[C@@H](OC(C)=O)[C@H](n2cnc3c(NC(=O)c4ccccc4)ncnc32)O[C@@H]1COC(C)=O. The van der Waals surface area contributed by atoms with Gasteiger partial charge in [-0.3, -0.25) is 23.7 Å². The fourth-order valence-corrected chi connectivity index (χ4v) is 4.26. The molecular weight excluding hydrogens is 498 g/mol. The average Bonchev–Trinajstić information content (AvgIpc) is 3.45. The molecule has 1 fully saturated rings. The third-order valence-electron chi connectivity index (χ3n) is 5.86. The van der Waals surface area contributed by atoms with Crippen molar-refractivity contribution in [3.63, 3.8) is 0 Å². The van der Waals surface area contributed by atoms with E-state index in [1.807, 2.05) is 0 Å². The Labute approximate surface area is 217 Å². The molecule has 13 nitrogen and oxygen atoms in total. The standard InChI is InChI=1S/C25H27N5O8/c1-4-35-19(33)10-17-18(11-36-14(2)31)38-25(21(17)37-15(3)32)30-13-28-20-22(26-12-27-23(20)30)29-24(34)16-8-6-5-7-9-16/h5-9,12-13,17-18,21,25H,4,10-11H2,1-3H3,(H,26,27,29,34)/t17-,18-,21-,25-/m1/s1. The van der Waals surface area contributed by atoms with Gasteiger partial charge < -0.3 is 24.3 Å². The molecule has 200 valence electrons. The van der Waals surface area contributed by atoms with Crippen LogP contribution in [-0.4, -0.2) is 68.8 Å². The number of ether oxygens (including phenoxy) is 4. The maximum Gasteiger partial charge on any atom is 0.306 e. The number of imidazole rings is 1. The number of hydrogen-bond acceptors (Lipinski definition) is 11. The number of nitrogens with one attached hydrogen (secondary N) is 1. The molecule has 0 spiro atoms. The third kappa shape index (κ3) is 5.94. The second kappa shape index (κ2) is 11.8. The normalized spacial score (nSPS) is 20.6. The number of amides is 1. The van der Waals surface area contributed by atoms with Gasteiger partial charge in [0.2, 0.25) is 0 Å². The van der Waals surface area contributed by atoms with E-state index in [1.165, 1.54) is 31.1 Å². The van der Waals surface area contributed by atoms with Crippen LogP contribution < -0.4 is 5.32 Å². The summed E-state index contributed by atoms with van der Waals surface area (Å²) in [5, 5.41) is 2.73. The Hall–Kier alpha value is -4.39. The number of aromatic nitrogens is 4. The zero-order valence-corrected chi connectivity index (χ0v) is 21.0. The summed E-state index contributed by atoms with van der Waals surface area (Å²) in [6.07, 6.45) is -0.218. The number of rotatable bonds is 9. The van der Waals surface area contributed by atoms with Crippen molar-refractivity contribution in [2.75, 3.05) is 18.5 Å². The minimum absolute atomic E-state index is 0.145. The molecule has 1 aromatic carbocycles. The minimum atomic E-state index is -0.976. The molecule has 3 aromatic rings. The highest BCUT2D eigenvalue weighted by atomic mass is 16.6. The quantitative estimate of drug-likeness (QED) is 0.321. The molecule has 0 saturated carbocycles. The Morgan fingerprint density at radius 3 is 2.47 bits per heavy atom. The number of esters is 3. The highest BCUT2D eigenvalue weighted by Gasteiger charge is 2.49. The number of carbonyl (C=O) groups excluding carboxylic acids is 4. The Bertz CT molecular complexity index is 1330. The largest absolute Gasteiger partial charge is 0.466 e. The topological polar surface area (TPSA) is 161 Å². The molecule has 1 aliphatic rings. The van der Waals surface area contributed by atoms with Gasteiger partial charge in [-0.25, -0.2) is 15.0 Å². The zero-order valence-electron chi connectivity index (χ0n) is 21.0. The van der Waals surface area contributed by atoms with E-state index in [9.17, 15) is 19.2 Å². The number of benzene rings is 1. The predicted molar refractivity (Wildman–Crippen MR) is 131 cm³/mol.